The lowest BCUT2D eigenvalue weighted by atomic mass is 9.87. The Hall–Kier alpha value is -1.44. The molecule has 0 radical (unpaired) electrons. The summed E-state index contributed by atoms with van der Waals surface area (Å²) in [4.78, 5) is 11.7. The van der Waals surface area contributed by atoms with Crippen LogP contribution in [0.3, 0.4) is 0 Å². The SMILES string of the molecule is CNC(=O)C(CO)NS(=O)(=O)c1cc(C(C)(C)C)ccc1C. The van der Waals surface area contributed by atoms with Crippen molar-refractivity contribution in [3.63, 3.8) is 0 Å². The largest absolute Gasteiger partial charge is 0.394 e. The number of aryl methyl sites for hydroxylation is 1. The summed E-state index contributed by atoms with van der Waals surface area (Å²) in [6.45, 7) is 7.04. The average Bonchev–Trinajstić information content (AvgIpc) is 2.42. The van der Waals surface area contributed by atoms with Gasteiger partial charge < -0.3 is 10.4 Å². The molecule has 0 bridgehead atoms. The van der Waals surface area contributed by atoms with Crippen molar-refractivity contribution < 1.29 is 18.3 Å². The molecule has 7 heteroatoms. The third-order valence-corrected chi connectivity index (χ3v) is 5.00. The van der Waals surface area contributed by atoms with Crippen LogP contribution >= 0.6 is 0 Å². The monoisotopic (exact) mass is 328 g/mol. The normalized spacial score (nSPS) is 13.7. The fourth-order valence-electron chi connectivity index (χ4n) is 1.95. The standard InChI is InChI=1S/C15H24N2O4S/c1-10-6-7-11(15(2,3)4)8-13(10)22(20,21)17-12(9-18)14(19)16-5/h6-8,12,17-18H,9H2,1-5H3,(H,16,19). The fraction of sp³-hybridized carbons (Fsp3) is 0.533. The Morgan fingerprint density at radius 2 is 1.91 bits per heavy atom. The van der Waals surface area contributed by atoms with Crippen LogP contribution in [0.25, 0.3) is 0 Å². The van der Waals surface area contributed by atoms with Crippen molar-refractivity contribution in [1.82, 2.24) is 10.0 Å². The van der Waals surface area contributed by atoms with Crippen molar-refractivity contribution in [3.05, 3.63) is 29.3 Å². The van der Waals surface area contributed by atoms with Crippen LogP contribution in [0.4, 0.5) is 0 Å². The fourth-order valence-corrected chi connectivity index (χ4v) is 3.41. The van der Waals surface area contributed by atoms with E-state index >= 15 is 0 Å². The molecule has 0 aliphatic carbocycles. The van der Waals surface area contributed by atoms with Gasteiger partial charge in [0, 0.05) is 7.05 Å². The molecule has 1 atom stereocenters. The Kier molecular flexibility index (Phi) is 5.72. The van der Waals surface area contributed by atoms with E-state index in [1.807, 2.05) is 26.8 Å². The van der Waals surface area contributed by atoms with E-state index in [4.69, 9.17) is 0 Å². The van der Waals surface area contributed by atoms with Crippen LogP contribution in [0, 0.1) is 6.92 Å². The Bertz CT molecular complexity index is 648. The predicted octanol–water partition coefficient (Wildman–Crippen LogP) is 0.678. The highest BCUT2D eigenvalue weighted by molar-refractivity contribution is 7.89. The number of likely N-dealkylation sites (N-methyl/N-ethyl adjacent to an activating group) is 1. The average molecular weight is 328 g/mol. The van der Waals surface area contributed by atoms with Gasteiger partial charge in [-0.2, -0.15) is 4.72 Å². The maximum atomic E-state index is 12.5. The van der Waals surface area contributed by atoms with Gasteiger partial charge in [0.25, 0.3) is 0 Å². The molecule has 0 aromatic heterocycles. The van der Waals surface area contributed by atoms with Gasteiger partial charge in [-0.3, -0.25) is 4.79 Å². The first kappa shape index (κ1) is 18.6. The molecule has 0 saturated carbocycles. The van der Waals surface area contributed by atoms with E-state index in [2.05, 4.69) is 10.0 Å². The predicted molar refractivity (Wildman–Crippen MR) is 85.1 cm³/mol. The number of hydrogen-bond donors (Lipinski definition) is 3. The molecule has 0 heterocycles. The second-order valence-electron chi connectivity index (χ2n) is 6.20. The lowest BCUT2D eigenvalue weighted by Gasteiger charge is -2.21. The highest BCUT2D eigenvalue weighted by atomic mass is 32.2. The second kappa shape index (κ2) is 6.76. The summed E-state index contributed by atoms with van der Waals surface area (Å²) in [7, 11) is -2.53. The molecule has 0 saturated heterocycles. The van der Waals surface area contributed by atoms with Crippen molar-refractivity contribution >= 4 is 15.9 Å². The highest BCUT2D eigenvalue weighted by Crippen LogP contribution is 2.26. The molecule has 1 unspecified atom stereocenters. The number of benzene rings is 1. The van der Waals surface area contributed by atoms with Gasteiger partial charge in [0.05, 0.1) is 11.5 Å². The van der Waals surface area contributed by atoms with Crippen molar-refractivity contribution in [2.45, 2.75) is 44.0 Å². The van der Waals surface area contributed by atoms with E-state index in [9.17, 15) is 18.3 Å². The Morgan fingerprint density at radius 3 is 2.36 bits per heavy atom. The van der Waals surface area contributed by atoms with E-state index in [0.717, 1.165) is 5.56 Å². The molecule has 1 aromatic rings. The van der Waals surface area contributed by atoms with Gasteiger partial charge in [-0.25, -0.2) is 8.42 Å². The Morgan fingerprint density at radius 1 is 1.32 bits per heavy atom. The van der Waals surface area contributed by atoms with Gasteiger partial charge in [-0.05, 0) is 29.5 Å². The Labute approximate surface area is 132 Å². The molecule has 3 N–H and O–H groups in total. The van der Waals surface area contributed by atoms with E-state index in [0.29, 0.717) is 5.56 Å². The first-order valence-corrected chi connectivity index (χ1v) is 8.47. The zero-order chi connectivity index (χ0) is 17.1. The van der Waals surface area contributed by atoms with Crippen LogP contribution in [-0.2, 0) is 20.2 Å². The molecule has 124 valence electrons. The van der Waals surface area contributed by atoms with Gasteiger partial charge in [0.1, 0.15) is 6.04 Å². The van der Waals surface area contributed by atoms with E-state index in [1.165, 1.54) is 7.05 Å². The summed E-state index contributed by atoms with van der Waals surface area (Å²) >= 11 is 0. The summed E-state index contributed by atoms with van der Waals surface area (Å²) in [5.41, 5.74) is 1.25. The lowest BCUT2D eigenvalue weighted by molar-refractivity contribution is -0.123. The Balaban J connectivity index is 3.25. The van der Waals surface area contributed by atoms with Crippen molar-refractivity contribution in [3.8, 4) is 0 Å². The number of nitrogens with one attached hydrogen (secondary N) is 2. The van der Waals surface area contributed by atoms with E-state index in [1.54, 1.807) is 19.1 Å². The third kappa shape index (κ3) is 4.28. The number of carbonyl (C=O) groups excluding carboxylic acids is 1. The summed E-state index contributed by atoms with van der Waals surface area (Å²) < 4.78 is 27.3. The van der Waals surface area contributed by atoms with Crippen molar-refractivity contribution in [2.75, 3.05) is 13.7 Å². The second-order valence-corrected chi connectivity index (χ2v) is 7.88. The number of rotatable bonds is 5. The van der Waals surface area contributed by atoms with E-state index < -0.39 is 28.6 Å². The zero-order valence-corrected chi connectivity index (χ0v) is 14.4. The summed E-state index contributed by atoms with van der Waals surface area (Å²) in [6.07, 6.45) is 0. The molecule has 1 aromatic carbocycles. The molecule has 6 nitrogen and oxygen atoms in total. The summed E-state index contributed by atoms with van der Waals surface area (Å²) in [5, 5.41) is 11.5. The number of carbonyl (C=O) groups is 1. The minimum Gasteiger partial charge on any atom is -0.394 e. The van der Waals surface area contributed by atoms with Gasteiger partial charge in [-0.15, -0.1) is 0 Å². The minimum atomic E-state index is -3.91. The topological polar surface area (TPSA) is 95.5 Å². The van der Waals surface area contributed by atoms with Crippen LogP contribution in [-0.4, -0.2) is 39.1 Å². The molecule has 0 spiro atoms. The molecule has 0 aliphatic rings. The van der Waals surface area contributed by atoms with Crippen LogP contribution in [0.1, 0.15) is 31.9 Å². The van der Waals surface area contributed by atoms with Gasteiger partial charge in [0.15, 0.2) is 0 Å². The zero-order valence-electron chi connectivity index (χ0n) is 13.6. The molecule has 22 heavy (non-hydrogen) atoms. The minimum absolute atomic E-state index is 0.113. The molecular formula is C15H24N2O4S. The van der Waals surface area contributed by atoms with Crippen LogP contribution in [0.2, 0.25) is 0 Å². The third-order valence-electron chi connectivity index (χ3n) is 3.39. The van der Waals surface area contributed by atoms with Crippen LogP contribution in [0.15, 0.2) is 23.1 Å². The van der Waals surface area contributed by atoms with E-state index in [-0.39, 0.29) is 10.3 Å². The summed E-state index contributed by atoms with van der Waals surface area (Å²) in [6, 6.07) is 4.02. The highest BCUT2D eigenvalue weighted by Gasteiger charge is 2.27. The molecule has 0 aliphatic heterocycles. The van der Waals surface area contributed by atoms with Gasteiger partial charge in [0.2, 0.25) is 15.9 Å². The number of amides is 1. The number of sulfonamides is 1. The van der Waals surface area contributed by atoms with Gasteiger partial charge in [-0.1, -0.05) is 32.9 Å². The first-order valence-electron chi connectivity index (χ1n) is 6.99. The quantitative estimate of drug-likeness (QED) is 0.740. The van der Waals surface area contributed by atoms with Gasteiger partial charge >= 0.3 is 0 Å². The number of aliphatic hydroxyl groups is 1. The smallest absolute Gasteiger partial charge is 0.241 e. The van der Waals surface area contributed by atoms with Crippen molar-refractivity contribution in [1.29, 1.82) is 0 Å². The molecule has 1 amide bonds. The number of hydrogen-bond acceptors (Lipinski definition) is 4. The lowest BCUT2D eigenvalue weighted by Crippen LogP contribution is -2.47. The summed E-state index contributed by atoms with van der Waals surface area (Å²) in [5.74, 6) is -0.587. The van der Waals surface area contributed by atoms with Crippen molar-refractivity contribution in [2.24, 2.45) is 0 Å². The molecule has 0 fully saturated rings. The maximum Gasteiger partial charge on any atom is 0.241 e. The van der Waals surface area contributed by atoms with Crippen LogP contribution < -0.4 is 10.0 Å². The number of aliphatic hydroxyl groups excluding tert-OH is 1. The maximum absolute atomic E-state index is 12.5. The van der Waals surface area contributed by atoms with Crippen LogP contribution in [0.5, 0.6) is 0 Å². The molecule has 1 rings (SSSR count). The molecular weight excluding hydrogens is 304 g/mol. The first-order chi connectivity index (χ1) is 10.0.